The predicted molar refractivity (Wildman–Crippen MR) is 96.7 cm³/mol. The van der Waals surface area contributed by atoms with Gasteiger partial charge in [-0.25, -0.2) is 9.59 Å². The number of ether oxygens (including phenoxy) is 4. The molecule has 1 fully saturated rings. The van der Waals surface area contributed by atoms with E-state index in [2.05, 4.69) is 6.58 Å². The Bertz CT molecular complexity index is 734. The van der Waals surface area contributed by atoms with E-state index < -0.39 is 23.1 Å². The highest BCUT2D eigenvalue weighted by atomic mass is 16.7. The van der Waals surface area contributed by atoms with Crippen molar-refractivity contribution in [2.45, 2.75) is 33.5 Å². The third-order valence-corrected chi connectivity index (χ3v) is 4.23. The summed E-state index contributed by atoms with van der Waals surface area (Å²) in [6.07, 6.45) is 3.03. The third-order valence-electron chi connectivity index (χ3n) is 4.23. The van der Waals surface area contributed by atoms with E-state index in [0.29, 0.717) is 23.7 Å². The molecule has 0 bridgehead atoms. The van der Waals surface area contributed by atoms with Crippen LogP contribution in [0.2, 0.25) is 0 Å². The maximum Gasteiger partial charge on any atom is 0.348 e. The van der Waals surface area contributed by atoms with Gasteiger partial charge in [0, 0.05) is 12.3 Å². The minimum Gasteiger partial charge on any atom is -0.493 e. The van der Waals surface area contributed by atoms with Gasteiger partial charge in [-0.3, -0.25) is 0 Å². The molecule has 1 saturated heterocycles. The standard InChI is InChI=1S/C20H24O6/c1-7-10-24-15-9-8-13(12-16(15)23-6)11-14-17(21)25-20(5,19(2,3)4)26-18(14)22/h7-9,11-12H,1,10H2,2-6H3. The Labute approximate surface area is 153 Å². The van der Waals surface area contributed by atoms with Gasteiger partial charge in [-0.15, -0.1) is 0 Å². The van der Waals surface area contributed by atoms with Crippen molar-refractivity contribution >= 4 is 18.0 Å². The van der Waals surface area contributed by atoms with Gasteiger partial charge in [0.2, 0.25) is 0 Å². The van der Waals surface area contributed by atoms with Crippen LogP contribution in [-0.2, 0) is 19.1 Å². The monoisotopic (exact) mass is 360 g/mol. The summed E-state index contributed by atoms with van der Waals surface area (Å²) >= 11 is 0. The molecule has 6 nitrogen and oxygen atoms in total. The molecular weight excluding hydrogens is 336 g/mol. The molecule has 6 heteroatoms. The first-order chi connectivity index (χ1) is 12.1. The van der Waals surface area contributed by atoms with Gasteiger partial charge in [0.25, 0.3) is 5.79 Å². The lowest BCUT2D eigenvalue weighted by Gasteiger charge is -2.42. The number of carbonyl (C=O) groups is 2. The molecule has 0 aliphatic carbocycles. The van der Waals surface area contributed by atoms with Crippen molar-refractivity contribution in [1.29, 1.82) is 0 Å². The number of esters is 2. The van der Waals surface area contributed by atoms with Crippen LogP contribution in [0, 0.1) is 5.41 Å². The lowest BCUT2D eigenvalue weighted by Crippen LogP contribution is -2.52. The molecule has 0 unspecified atom stereocenters. The van der Waals surface area contributed by atoms with Crippen molar-refractivity contribution in [2.24, 2.45) is 5.41 Å². The second-order valence-electron chi connectivity index (χ2n) is 7.04. The fourth-order valence-electron chi connectivity index (χ4n) is 2.20. The summed E-state index contributed by atoms with van der Waals surface area (Å²) in [5.41, 5.74) is -0.151. The van der Waals surface area contributed by atoms with Crippen LogP contribution in [0.15, 0.2) is 36.4 Å². The normalized spacial score (nSPS) is 20.1. The molecule has 0 saturated carbocycles. The van der Waals surface area contributed by atoms with E-state index in [-0.39, 0.29) is 5.57 Å². The van der Waals surface area contributed by atoms with Crippen molar-refractivity contribution in [3.63, 3.8) is 0 Å². The van der Waals surface area contributed by atoms with E-state index in [0.717, 1.165) is 0 Å². The second-order valence-corrected chi connectivity index (χ2v) is 7.04. The highest BCUT2D eigenvalue weighted by molar-refractivity contribution is 6.18. The molecule has 0 aromatic heterocycles. The fourth-order valence-corrected chi connectivity index (χ4v) is 2.20. The van der Waals surface area contributed by atoms with E-state index in [1.165, 1.54) is 13.2 Å². The Morgan fingerprint density at radius 2 is 1.77 bits per heavy atom. The molecule has 1 aliphatic heterocycles. The van der Waals surface area contributed by atoms with Crippen LogP contribution in [0.25, 0.3) is 6.08 Å². The quantitative estimate of drug-likeness (QED) is 0.346. The Balaban J connectivity index is 2.31. The third kappa shape index (κ3) is 3.90. The van der Waals surface area contributed by atoms with E-state index in [9.17, 15) is 9.59 Å². The molecule has 0 atom stereocenters. The van der Waals surface area contributed by atoms with Crippen molar-refractivity contribution in [2.75, 3.05) is 13.7 Å². The van der Waals surface area contributed by atoms with Crippen LogP contribution < -0.4 is 9.47 Å². The molecular formula is C20H24O6. The fraction of sp³-hybridized carbons (Fsp3) is 0.400. The van der Waals surface area contributed by atoms with Crippen molar-refractivity contribution in [1.82, 2.24) is 0 Å². The Kier molecular flexibility index (Phi) is 5.44. The molecule has 26 heavy (non-hydrogen) atoms. The number of carbonyl (C=O) groups excluding carboxylic acids is 2. The average molecular weight is 360 g/mol. The SMILES string of the molecule is C=CCOc1ccc(C=C2C(=O)OC(C)(C(C)(C)C)OC2=O)cc1OC. The van der Waals surface area contributed by atoms with Crippen molar-refractivity contribution in [3.8, 4) is 11.5 Å². The second kappa shape index (κ2) is 7.23. The van der Waals surface area contributed by atoms with E-state index in [4.69, 9.17) is 18.9 Å². The summed E-state index contributed by atoms with van der Waals surface area (Å²) in [5.74, 6) is -1.75. The first-order valence-electron chi connectivity index (χ1n) is 8.21. The van der Waals surface area contributed by atoms with Crippen LogP contribution >= 0.6 is 0 Å². The molecule has 0 N–H and O–H groups in total. The number of cyclic esters (lactones) is 2. The highest BCUT2D eigenvalue weighted by Crippen LogP contribution is 2.39. The zero-order chi connectivity index (χ0) is 19.5. The Morgan fingerprint density at radius 3 is 2.27 bits per heavy atom. The Hall–Kier alpha value is -2.76. The van der Waals surface area contributed by atoms with Gasteiger partial charge in [-0.1, -0.05) is 39.5 Å². The summed E-state index contributed by atoms with van der Waals surface area (Å²) in [7, 11) is 1.50. The smallest absolute Gasteiger partial charge is 0.348 e. The number of hydrogen-bond acceptors (Lipinski definition) is 6. The summed E-state index contributed by atoms with van der Waals surface area (Å²) in [5, 5.41) is 0. The van der Waals surface area contributed by atoms with Crippen LogP contribution in [0.1, 0.15) is 33.3 Å². The molecule has 140 valence electrons. The zero-order valence-electron chi connectivity index (χ0n) is 15.8. The van der Waals surface area contributed by atoms with E-state index in [1.807, 2.05) is 20.8 Å². The van der Waals surface area contributed by atoms with Crippen molar-refractivity contribution in [3.05, 3.63) is 42.0 Å². The highest BCUT2D eigenvalue weighted by Gasteiger charge is 2.50. The van der Waals surface area contributed by atoms with Gasteiger partial charge in [0.05, 0.1) is 7.11 Å². The first-order valence-corrected chi connectivity index (χ1v) is 8.21. The lowest BCUT2D eigenvalue weighted by atomic mass is 9.85. The van der Waals surface area contributed by atoms with Gasteiger partial charge < -0.3 is 18.9 Å². The van der Waals surface area contributed by atoms with Gasteiger partial charge >= 0.3 is 11.9 Å². The maximum atomic E-state index is 12.4. The minimum absolute atomic E-state index is 0.173. The predicted octanol–water partition coefficient (Wildman–Crippen LogP) is 3.51. The molecule has 1 heterocycles. The first kappa shape index (κ1) is 19.6. The molecule has 0 radical (unpaired) electrons. The average Bonchev–Trinajstić information content (AvgIpc) is 2.55. The van der Waals surface area contributed by atoms with E-state index >= 15 is 0 Å². The summed E-state index contributed by atoms with van der Waals surface area (Å²) in [6, 6.07) is 5.04. The summed E-state index contributed by atoms with van der Waals surface area (Å²) in [6.45, 7) is 11.0. The number of hydrogen-bond donors (Lipinski definition) is 0. The molecule has 0 spiro atoms. The van der Waals surface area contributed by atoms with Gasteiger partial charge in [-0.05, 0) is 23.8 Å². The van der Waals surface area contributed by atoms with Crippen LogP contribution in [0.4, 0.5) is 0 Å². The lowest BCUT2D eigenvalue weighted by molar-refractivity contribution is -0.261. The van der Waals surface area contributed by atoms with Gasteiger partial charge in [0.1, 0.15) is 12.2 Å². The van der Waals surface area contributed by atoms with Crippen LogP contribution in [-0.4, -0.2) is 31.4 Å². The summed E-state index contributed by atoms with van der Waals surface area (Å²) < 4.78 is 21.6. The summed E-state index contributed by atoms with van der Waals surface area (Å²) in [4.78, 5) is 24.8. The van der Waals surface area contributed by atoms with Gasteiger partial charge in [0.15, 0.2) is 11.5 Å². The molecule has 1 aromatic carbocycles. The molecule has 1 aromatic rings. The Morgan fingerprint density at radius 1 is 1.15 bits per heavy atom. The largest absolute Gasteiger partial charge is 0.493 e. The van der Waals surface area contributed by atoms with Gasteiger partial charge in [-0.2, -0.15) is 0 Å². The minimum atomic E-state index is -1.32. The number of rotatable bonds is 5. The maximum absolute atomic E-state index is 12.4. The topological polar surface area (TPSA) is 71.1 Å². The zero-order valence-corrected chi connectivity index (χ0v) is 15.8. The van der Waals surface area contributed by atoms with Crippen molar-refractivity contribution < 1.29 is 28.5 Å². The molecule has 1 aliphatic rings. The number of benzene rings is 1. The molecule has 2 rings (SSSR count). The van der Waals surface area contributed by atoms with E-state index in [1.54, 1.807) is 31.2 Å². The van der Waals surface area contributed by atoms with Crippen LogP contribution in [0.3, 0.4) is 0 Å². The number of methoxy groups -OCH3 is 1. The van der Waals surface area contributed by atoms with Crippen LogP contribution in [0.5, 0.6) is 11.5 Å². The molecule has 0 amide bonds.